The number of nitrogens with zero attached hydrogens (tertiary/aromatic N) is 4. The van der Waals surface area contributed by atoms with Crippen molar-refractivity contribution in [2.24, 2.45) is 10.2 Å². The Labute approximate surface area is 209 Å². The van der Waals surface area contributed by atoms with Gasteiger partial charge in [0.05, 0.1) is 8.45 Å². The molecular weight excluding hydrogens is 460 g/mol. The summed E-state index contributed by atoms with van der Waals surface area (Å²) in [6, 6.07) is 13.3. The summed E-state index contributed by atoms with van der Waals surface area (Å²) in [6.45, 7) is -2.05. The van der Waals surface area contributed by atoms with Gasteiger partial charge in [-0.3, -0.25) is 14.4 Å². The number of nitrogens with one attached hydrogen (secondary N) is 2. The lowest BCUT2D eigenvalue weighted by atomic mass is 10.0. The van der Waals surface area contributed by atoms with E-state index in [1.165, 1.54) is 18.2 Å². The van der Waals surface area contributed by atoms with E-state index in [9.17, 15) is 14.4 Å². The van der Waals surface area contributed by atoms with Gasteiger partial charge in [0.15, 0.2) is 5.78 Å². The fraction of sp³-hybridized carbons (Fsp3) is 0.192. The highest BCUT2D eigenvalue weighted by molar-refractivity contribution is 6.09. The van der Waals surface area contributed by atoms with Gasteiger partial charge in [-0.15, -0.1) is 0 Å². The van der Waals surface area contributed by atoms with Crippen molar-refractivity contribution >= 4 is 29.5 Å². The number of hydrogen-bond donors (Lipinski definition) is 2. The first-order valence-corrected chi connectivity index (χ1v) is 11.2. The van der Waals surface area contributed by atoms with Crippen molar-refractivity contribution in [2.75, 3.05) is 6.61 Å². The number of ether oxygens (including phenoxy) is 1. The molecule has 3 aromatic rings. The average Bonchev–Trinajstić information content (AvgIpc) is 3.46. The van der Waals surface area contributed by atoms with Crippen LogP contribution >= 0.6 is 0 Å². The molecule has 0 radical (unpaired) electrons. The molecule has 0 spiro atoms. The van der Waals surface area contributed by atoms with Crippen molar-refractivity contribution in [1.82, 2.24) is 20.6 Å². The van der Waals surface area contributed by atoms with Crippen LogP contribution in [0.25, 0.3) is 0 Å². The first-order chi connectivity index (χ1) is 18.3. The van der Waals surface area contributed by atoms with E-state index in [0.717, 1.165) is 23.2 Å². The number of fused-ring (bicyclic) bond motifs is 1. The van der Waals surface area contributed by atoms with Crippen LogP contribution < -0.4 is 15.4 Å². The predicted octanol–water partition coefficient (Wildman–Crippen LogP) is 2.02. The molecule has 0 bridgehead atoms. The Morgan fingerprint density at radius 3 is 2.47 bits per heavy atom. The molecular formula is C26H22N6O4. The Kier molecular flexibility index (Phi) is 5.88. The SMILES string of the molecule is [2H]C([2H])(NC(=O)c1cc(C(=O)NCc2ccc(C3=NN=CC3)cc2)ncn1)c1ccc2c(c1)CC(=O)CO2. The van der Waals surface area contributed by atoms with Gasteiger partial charge in [0, 0.05) is 43.7 Å². The van der Waals surface area contributed by atoms with Gasteiger partial charge < -0.3 is 15.4 Å². The standard InChI is InChI=1S/C26H22N6O4/c33-20-10-19-9-17(3-6-24(19)36-14-20)13-28-26(35)23-11-22(29-15-30-23)25(34)27-12-16-1-4-18(5-2-16)21-7-8-31-32-21/h1-6,8-9,11,15H,7,10,12-14H2,(H,27,34)(H,28,35)/i13D2. The number of Topliss-reactive ketones (excluding diaryl/α,β-unsaturated/α-hetero) is 1. The molecule has 1 aromatic heterocycles. The molecule has 2 aliphatic rings. The van der Waals surface area contributed by atoms with Crippen LogP contribution in [0.2, 0.25) is 0 Å². The molecule has 0 fully saturated rings. The van der Waals surface area contributed by atoms with Gasteiger partial charge in [0.1, 0.15) is 30.1 Å². The molecule has 0 saturated carbocycles. The number of carbonyl (C=O) groups excluding carboxylic acids is 3. The molecule has 2 aromatic carbocycles. The summed E-state index contributed by atoms with van der Waals surface area (Å²) in [5.74, 6) is -0.944. The van der Waals surface area contributed by atoms with Crippen molar-refractivity contribution in [3.05, 3.63) is 88.5 Å². The Bertz CT molecular complexity index is 1490. The molecule has 0 unspecified atom stereocenters. The fourth-order valence-electron chi connectivity index (χ4n) is 3.70. The summed E-state index contributed by atoms with van der Waals surface area (Å²) in [6.07, 6.45) is 3.62. The molecule has 10 nitrogen and oxygen atoms in total. The van der Waals surface area contributed by atoms with Crippen LogP contribution in [0, 0.1) is 0 Å². The van der Waals surface area contributed by atoms with Crippen LogP contribution in [0.4, 0.5) is 0 Å². The lowest BCUT2D eigenvalue weighted by Crippen LogP contribution is -2.27. The van der Waals surface area contributed by atoms with Gasteiger partial charge in [-0.25, -0.2) is 9.97 Å². The van der Waals surface area contributed by atoms with Crippen LogP contribution in [0.3, 0.4) is 0 Å². The highest BCUT2D eigenvalue weighted by Crippen LogP contribution is 2.24. The van der Waals surface area contributed by atoms with Gasteiger partial charge in [0.25, 0.3) is 11.8 Å². The predicted molar refractivity (Wildman–Crippen MR) is 131 cm³/mol. The smallest absolute Gasteiger partial charge is 0.270 e. The van der Waals surface area contributed by atoms with Crippen LogP contribution in [0.15, 0.2) is 65.1 Å². The van der Waals surface area contributed by atoms with Crippen molar-refractivity contribution in [1.29, 1.82) is 0 Å². The average molecular weight is 485 g/mol. The number of rotatable bonds is 7. The van der Waals surface area contributed by atoms with E-state index in [1.807, 2.05) is 24.3 Å². The zero-order chi connectivity index (χ0) is 26.7. The number of ketones is 1. The molecule has 180 valence electrons. The zero-order valence-corrected chi connectivity index (χ0v) is 19.0. The summed E-state index contributed by atoms with van der Waals surface area (Å²) in [7, 11) is 0. The topological polar surface area (TPSA) is 135 Å². The van der Waals surface area contributed by atoms with E-state index < -0.39 is 18.3 Å². The lowest BCUT2D eigenvalue weighted by Gasteiger charge is -2.17. The van der Waals surface area contributed by atoms with E-state index in [1.54, 1.807) is 12.3 Å². The Hall–Kier alpha value is -4.73. The minimum absolute atomic E-state index is 0.0160. The molecule has 0 atom stereocenters. The highest BCUT2D eigenvalue weighted by Gasteiger charge is 2.18. The maximum absolute atomic E-state index is 12.8. The minimum Gasteiger partial charge on any atom is -0.486 e. The third kappa shape index (κ3) is 5.33. The maximum Gasteiger partial charge on any atom is 0.270 e. The molecule has 0 aliphatic carbocycles. The van der Waals surface area contributed by atoms with E-state index in [0.29, 0.717) is 17.7 Å². The zero-order valence-electron chi connectivity index (χ0n) is 21.0. The second kappa shape index (κ2) is 10.3. The molecule has 10 heteroatoms. The van der Waals surface area contributed by atoms with Crippen molar-refractivity contribution < 1.29 is 21.9 Å². The van der Waals surface area contributed by atoms with Crippen molar-refractivity contribution in [3.63, 3.8) is 0 Å². The Morgan fingerprint density at radius 1 is 0.972 bits per heavy atom. The number of benzene rings is 2. The monoisotopic (exact) mass is 484 g/mol. The quantitative estimate of drug-likeness (QED) is 0.527. The Morgan fingerprint density at radius 2 is 1.72 bits per heavy atom. The van der Waals surface area contributed by atoms with Gasteiger partial charge in [0.2, 0.25) is 0 Å². The number of aromatic nitrogens is 2. The summed E-state index contributed by atoms with van der Waals surface area (Å²) < 4.78 is 22.1. The molecule has 5 rings (SSSR count). The molecule has 2 N–H and O–H groups in total. The molecule has 2 amide bonds. The normalized spacial score (nSPS) is 15.2. The van der Waals surface area contributed by atoms with Crippen LogP contribution in [0.5, 0.6) is 5.75 Å². The Balaban J connectivity index is 1.22. The van der Waals surface area contributed by atoms with Crippen LogP contribution in [-0.2, 0) is 24.3 Å². The van der Waals surface area contributed by atoms with E-state index in [-0.39, 0.29) is 42.3 Å². The third-order valence-corrected chi connectivity index (χ3v) is 5.57. The van der Waals surface area contributed by atoms with E-state index in [2.05, 4.69) is 30.8 Å². The molecule has 36 heavy (non-hydrogen) atoms. The van der Waals surface area contributed by atoms with Crippen LogP contribution in [-0.4, -0.2) is 46.1 Å². The maximum atomic E-state index is 12.8. The second-order valence-corrected chi connectivity index (χ2v) is 8.12. The summed E-state index contributed by atoms with van der Waals surface area (Å²) in [4.78, 5) is 45.0. The summed E-state index contributed by atoms with van der Waals surface area (Å²) in [5.41, 5.74) is 3.19. The van der Waals surface area contributed by atoms with Gasteiger partial charge in [-0.2, -0.15) is 10.2 Å². The number of amides is 2. The lowest BCUT2D eigenvalue weighted by molar-refractivity contribution is -0.121. The van der Waals surface area contributed by atoms with Crippen molar-refractivity contribution in [3.8, 4) is 5.75 Å². The molecule has 0 saturated heterocycles. The third-order valence-electron chi connectivity index (χ3n) is 5.57. The fourth-order valence-corrected chi connectivity index (χ4v) is 3.70. The van der Waals surface area contributed by atoms with Gasteiger partial charge in [-0.05, 0) is 28.8 Å². The number of hydrogen-bond acceptors (Lipinski definition) is 8. The number of carbonyl (C=O) groups is 3. The van der Waals surface area contributed by atoms with Gasteiger partial charge >= 0.3 is 0 Å². The first-order valence-electron chi connectivity index (χ1n) is 12.2. The second-order valence-electron chi connectivity index (χ2n) is 8.12. The largest absolute Gasteiger partial charge is 0.486 e. The van der Waals surface area contributed by atoms with Gasteiger partial charge in [-0.1, -0.05) is 30.3 Å². The molecule has 2 aliphatic heterocycles. The van der Waals surface area contributed by atoms with E-state index >= 15 is 0 Å². The van der Waals surface area contributed by atoms with E-state index in [4.69, 9.17) is 7.48 Å². The van der Waals surface area contributed by atoms with Crippen molar-refractivity contribution in [2.45, 2.75) is 25.9 Å². The summed E-state index contributed by atoms with van der Waals surface area (Å²) >= 11 is 0. The molecule has 3 heterocycles. The highest BCUT2D eigenvalue weighted by atomic mass is 16.5. The summed E-state index contributed by atoms with van der Waals surface area (Å²) in [5, 5.41) is 13.0. The van der Waals surface area contributed by atoms with Crippen LogP contribution in [0.1, 0.15) is 52.4 Å². The first kappa shape index (κ1) is 20.6. The minimum atomic E-state index is -2.28.